The third-order valence-corrected chi connectivity index (χ3v) is 5.58. The summed E-state index contributed by atoms with van der Waals surface area (Å²) in [6, 6.07) is 1.60. The van der Waals surface area contributed by atoms with Gasteiger partial charge in [-0.3, -0.25) is 4.90 Å². The maximum atomic E-state index is 5.12. The molecule has 20 heavy (non-hydrogen) atoms. The average molecular weight is 282 g/mol. The van der Waals surface area contributed by atoms with Crippen LogP contribution in [-0.2, 0) is 4.74 Å². The van der Waals surface area contributed by atoms with Gasteiger partial charge in [-0.1, -0.05) is 20.3 Å². The van der Waals surface area contributed by atoms with Crippen molar-refractivity contribution in [3.8, 4) is 0 Å². The van der Waals surface area contributed by atoms with Gasteiger partial charge in [0.05, 0.1) is 6.61 Å². The van der Waals surface area contributed by atoms with Crippen molar-refractivity contribution in [2.24, 2.45) is 11.8 Å². The lowest BCUT2D eigenvalue weighted by Gasteiger charge is -2.45. The van der Waals surface area contributed by atoms with E-state index >= 15 is 0 Å². The van der Waals surface area contributed by atoms with Crippen molar-refractivity contribution >= 4 is 0 Å². The number of methoxy groups -OCH3 is 1. The largest absolute Gasteiger partial charge is 0.383 e. The number of hydrogen-bond acceptors (Lipinski definition) is 3. The summed E-state index contributed by atoms with van der Waals surface area (Å²) in [6.45, 7) is 9.16. The number of rotatable bonds is 6. The second-order valence-electron chi connectivity index (χ2n) is 7.01. The highest BCUT2D eigenvalue weighted by molar-refractivity contribution is 4.88. The minimum absolute atomic E-state index is 0.756. The zero-order valence-electron chi connectivity index (χ0n) is 13.7. The fraction of sp³-hybridized carbons (Fsp3) is 1.00. The first kappa shape index (κ1) is 16.3. The zero-order chi connectivity index (χ0) is 14.4. The predicted molar refractivity (Wildman–Crippen MR) is 85.1 cm³/mol. The molecule has 2 rings (SSSR count). The molecule has 0 aromatic carbocycles. The maximum Gasteiger partial charge on any atom is 0.0587 e. The Hall–Kier alpha value is -0.120. The lowest BCUT2D eigenvalue weighted by atomic mass is 9.77. The second-order valence-corrected chi connectivity index (χ2v) is 7.01. The topological polar surface area (TPSA) is 24.5 Å². The summed E-state index contributed by atoms with van der Waals surface area (Å²) in [4.78, 5) is 2.84. The van der Waals surface area contributed by atoms with Crippen LogP contribution in [0.2, 0.25) is 0 Å². The Kier molecular flexibility index (Phi) is 6.79. The summed E-state index contributed by atoms with van der Waals surface area (Å²) in [6.07, 6.45) is 8.43. The van der Waals surface area contributed by atoms with Gasteiger partial charge in [0.2, 0.25) is 0 Å². The van der Waals surface area contributed by atoms with Crippen molar-refractivity contribution in [3.05, 3.63) is 0 Å². The van der Waals surface area contributed by atoms with E-state index in [1.807, 2.05) is 0 Å². The van der Waals surface area contributed by atoms with Crippen molar-refractivity contribution < 1.29 is 4.74 Å². The Bertz CT molecular complexity index is 272. The van der Waals surface area contributed by atoms with Gasteiger partial charge < -0.3 is 10.1 Å². The lowest BCUT2D eigenvalue weighted by Crippen LogP contribution is -2.52. The van der Waals surface area contributed by atoms with E-state index in [0.29, 0.717) is 0 Å². The molecule has 2 aliphatic rings. The van der Waals surface area contributed by atoms with Crippen LogP contribution in [0.25, 0.3) is 0 Å². The van der Waals surface area contributed by atoms with E-state index in [1.54, 1.807) is 7.11 Å². The minimum Gasteiger partial charge on any atom is -0.383 e. The maximum absolute atomic E-state index is 5.12. The van der Waals surface area contributed by atoms with Gasteiger partial charge in [0, 0.05) is 32.3 Å². The molecule has 0 spiro atoms. The Morgan fingerprint density at radius 3 is 2.70 bits per heavy atom. The number of nitrogens with zero attached hydrogens (tertiary/aromatic N) is 1. The Morgan fingerprint density at radius 2 is 1.95 bits per heavy atom. The van der Waals surface area contributed by atoms with Gasteiger partial charge in [-0.25, -0.2) is 0 Å². The number of nitrogens with one attached hydrogen (secondary N) is 1. The molecule has 0 aromatic rings. The first-order valence-electron chi connectivity index (χ1n) is 8.67. The predicted octanol–water partition coefficient (Wildman–Crippen LogP) is 2.90. The van der Waals surface area contributed by atoms with Crippen LogP contribution < -0.4 is 5.32 Å². The molecule has 1 N–H and O–H groups in total. The number of piperidine rings is 1. The molecule has 1 saturated carbocycles. The van der Waals surface area contributed by atoms with Crippen LogP contribution in [-0.4, -0.2) is 50.3 Å². The first-order valence-corrected chi connectivity index (χ1v) is 8.67. The highest BCUT2D eigenvalue weighted by Gasteiger charge is 2.33. The third-order valence-electron chi connectivity index (χ3n) is 5.58. The van der Waals surface area contributed by atoms with E-state index in [-0.39, 0.29) is 0 Å². The lowest BCUT2D eigenvalue weighted by molar-refractivity contribution is 0.0467. The van der Waals surface area contributed by atoms with Crippen LogP contribution in [0.4, 0.5) is 0 Å². The quantitative estimate of drug-likeness (QED) is 0.758. The number of likely N-dealkylation sites (tertiary alicyclic amines) is 1. The minimum atomic E-state index is 0.756. The Labute approximate surface area is 125 Å². The van der Waals surface area contributed by atoms with Crippen LogP contribution >= 0.6 is 0 Å². The molecular formula is C17H34N2O. The summed E-state index contributed by atoms with van der Waals surface area (Å²) in [5.41, 5.74) is 0. The fourth-order valence-corrected chi connectivity index (χ4v) is 3.99. The van der Waals surface area contributed by atoms with Crippen LogP contribution in [0.1, 0.15) is 52.4 Å². The molecule has 0 aromatic heterocycles. The smallest absolute Gasteiger partial charge is 0.0587 e. The molecule has 2 fully saturated rings. The number of hydrogen-bond donors (Lipinski definition) is 1. The van der Waals surface area contributed by atoms with Crippen molar-refractivity contribution in [2.75, 3.05) is 33.4 Å². The van der Waals surface area contributed by atoms with E-state index in [1.165, 1.54) is 45.1 Å². The summed E-state index contributed by atoms with van der Waals surface area (Å²) in [7, 11) is 1.78. The molecule has 118 valence electrons. The summed E-state index contributed by atoms with van der Waals surface area (Å²) in [5.74, 6) is 1.83. The highest BCUT2D eigenvalue weighted by atomic mass is 16.5. The molecule has 0 bridgehead atoms. The van der Waals surface area contributed by atoms with Crippen LogP contribution in [0.15, 0.2) is 0 Å². The van der Waals surface area contributed by atoms with Gasteiger partial charge in [0.25, 0.3) is 0 Å². The number of ether oxygens (including phenoxy) is 1. The van der Waals surface area contributed by atoms with E-state index in [9.17, 15) is 0 Å². The molecule has 0 radical (unpaired) electrons. The summed E-state index contributed by atoms with van der Waals surface area (Å²) >= 11 is 0. The van der Waals surface area contributed by atoms with Crippen molar-refractivity contribution in [3.63, 3.8) is 0 Å². The molecule has 1 saturated heterocycles. The molecule has 0 amide bonds. The molecule has 4 atom stereocenters. The molecule has 1 aliphatic carbocycles. The summed E-state index contributed by atoms with van der Waals surface area (Å²) < 4.78 is 5.12. The van der Waals surface area contributed by atoms with Gasteiger partial charge in [0.15, 0.2) is 0 Å². The zero-order valence-corrected chi connectivity index (χ0v) is 13.7. The normalized spacial score (nSPS) is 36.1. The summed E-state index contributed by atoms with van der Waals surface area (Å²) in [5, 5.41) is 3.58. The van der Waals surface area contributed by atoms with Crippen LogP contribution in [0.3, 0.4) is 0 Å². The van der Waals surface area contributed by atoms with Gasteiger partial charge in [-0.2, -0.15) is 0 Å². The Morgan fingerprint density at radius 1 is 1.10 bits per heavy atom. The van der Waals surface area contributed by atoms with Crippen LogP contribution in [0.5, 0.6) is 0 Å². The monoisotopic (exact) mass is 282 g/mol. The van der Waals surface area contributed by atoms with Crippen molar-refractivity contribution in [2.45, 2.75) is 64.5 Å². The average Bonchev–Trinajstić information content (AvgIpc) is 2.47. The molecule has 1 heterocycles. The molecule has 3 nitrogen and oxygen atoms in total. The Balaban J connectivity index is 1.83. The van der Waals surface area contributed by atoms with Gasteiger partial charge in [0.1, 0.15) is 0 Å². The SMILES string of the molecule is COCCNCC1CCCCN1C1CCC(C)C(C)C1. The second kappa shape index (κ2) is 8.35. The van der Waals surface area contributed by atoms with Crippen molar-refractivity contribution in [1.82, 2.24) is 10.2 Å². The van der Waals surface area contributed by atoms with E-state index in [0.717, 1.165) is 43.6 Å². The fourth-order valence-electron chi connectivity index (χ4n) is 3.99. The molecule has 4 unspecified atom stereocenters. The van der Waals surface area contributed by atoms with E-state index in [4.69, 9.17) is 4.74 Å². The van der Waals surface area contributed by atoms with Gasteiger partial charge in [-0.15, -0.1) is 0 Å². The molecule has 3 heteroatoms. The van der Waals surface area contributed by atoms with Crippen molar-refractivity contribution in [1.29, 1.82) is 0 Å². The highest BCUT2D eigenvalue weighted by Crippen LogP contribution is 2.34. The van der Waals surface area contributed by atoms with E-state index in [2.05, 4.69) is 24.1 Å². The van der Waals surface area contributed by atoms with Gasteiger partial charge in [-0.05, 0) is 50.5 Å². The third kappa shape index (κ3) is 4.44. The van der Waals surface area contributed by atoms with Crippen LogP contribution in [0, 0.1) is 11.8 Å². The standard InChI is InChI=1S/C17H34N2O/c1-14-7-8-16(12-15(14)2)19-10-5-4-6-17(19)13-18-9-11-20-3/h14-18H,4-13H2,1-3H3. The van der Waals surface area contributed by atoms with E-state index < -0.39 is 0 Å². The first-order chi connectivity index (χ1) is 9.72. The molecule has 1 aliphatic heterocycles. The molecular weight excluding hydrogens is 248 g/mol. The van der Waals surface area contributed by atoms with Gasteiger partial charge >= 0.3 is 0 Å².